The molecule has 10 nitrogen and oxygen atoms in total. The zero-order valence-corrected chi connectivity index (χ0v) is 17.7. The van der Waals surface area contributed by atoms with E-state index in [0.29, 0.717) is 32.4 Å². The van der Waals surface area contributed by atoms with Gasteiger partial charge in [-0.15, -0.1) is 0 Å². The third kappa shape index (κ3) is 6.70. The summed E-state index contributed by atoms with van der Waals surface area (Å²) in [5.41, 5.74) is 5.43. The molecule has 0 aromatic carbocycles. The van der Waals surface area contributed by atoms with Gasteiger partial charge in [-0.2, -0.15) is 0 Å². The van der Waals surface area contributed by atoms with Crippen molar-refractivity contribution < 1.29 is 24.0 Å². The van der Waals surface area contributed by atoms with E-state index >= 15 is 0 Å². The maximum atomic E-state index is 12.7. The highest BCUT2D eigenvalue weighted by atomic mass is 16.2. The summed E-state index contributed by atoms with van der Waals surface area (Å²) in [7, 11) is 0. The number of nitrogens with one attached hydrogen (secondary N) is 3. The average molecular weight is 424 g/mol. The molecular formula is C20H33N5O5. The van der Waals surface area contributed by atoms with Crippen LogP contribution in [0, 0.1) is 5.92 Å². The zero-order chi connectivity index (χ0) is 22.3. The molecule has 3 atom stereocenters. The summed E-state index contributed by atoms with van der Waals surface area (Å²) in [5.74, 6) is -1.88. The number of carbonyl (C=O) groups excluding carboxylic acids is 5. The molecule has 0 aromatic heterocycles. The largest absolute Gasteiger partial charge is 0.368 e. The lowest BCUT2D eigenvalue weighted by atomic mass is 10.0. The molecule has 0 spiro atoms. The van der Waals surface area contributed by atoms with E-state index in [1.807, 2.05) is 13.8 Å². The Balaban J connectivity index is 2.18. The van der Waals surface area contributed by atoms with Gasteiger partial charge < -0.3 is 26.6 Å². The number of hydrogen-bond acceptors (Lipinski definition) is 5. The smallest absolute Gasteiger partial charge is 0.243 e. The van der Waals surface area contributed by atoms with Crippen LogP contribution in [0.2, 0.25) is 0 Å². The van der Waals surface area contributed by atoms with Crippen molar-refractivity contribution in [3.8, 4) is 0 Å². The van der Waals surface area contributed by atoms with E-state index in [9.17, 15) is 24.0 Å². The van der Waals surface area contributed by atoms with Gasteiger partial charge in [-0.1, -0.05) is 13.8 Å². The Hall–Kier alpha value is -2.65. The molecule has 30 heavy (non-hydrogen) atoms. The summed E-state index contributed by atoms with van der Waals surface area (Å²) in [6.45, 7) is 4.63. The van der Waals surface area contributed by atoms with Gasteiger partial charge in [0.05, 0.1) is 0 Å². The van der Waals surface area contributed by atoms with E-state index in [1.165, 1.54) is 4.90 Å². The van der Waals surface area contributed by atoms with Crippen LogP contribution in [0.1, 0.15) is 58.8 Å². The van der Waals surface area contributed by atoms with Gasteiger partial charge >= 0.3 is 0 Å². The molecule has 2 fully saturated rings. The first-order chi connectivity index (χ1) is 14.2. The van der Waals surface area contributed by atoms with E-state index in [1.54, 1.807) is 0 Å². The van der Waals surface area contributed by atoms with Crippen LogP contribution in [0.25, 0.3) is 0 Å². The first-order valence-electron chi connectivity index (χ1n) is 10.6. The Bertz CT molecular complexity index is 680. The van der Waals surface area contributed by atoms with Gasteiger partial charge in [0.1, 0.15) is 18.1 Å². The Labute approximate surface area is 176 Å². The summed E-state index contributed by atoms with van der Waals surface area (Å²) < 4.78 is 0. The minimum absolute atomic E-state index is 0.0150. The molecule has 168 valence electrons. The topological polar surface area (TPSA) is 151 Å². The summed E-state index contributed by atoms with van der Waals surface area (Å²) >= 11 is 0. The second-order valence-electron chi connectivity index (χ2n) is 8.39. The molecule has 2 saturated heterocycles. The molecule has 0 unspecified atom stereocenters. The molecule has 0 aromatic rings. The molecule has 0 bridgehead atoms. The van der Waals surface area contributed by atoms with Crippen LogP contribution in [0.5, 0.6) is 0 Å². The van der Waals surface area contributed by atoms with Crippen molar-refractivity contribution in [2.24, 2.45) is 11.7 Å². The standard InChI is InChI=1S/C20H33N5O5/c1-12(2)11-14-19(29)24-13(18(21)28)7-8-17(27)25-10-4-5-15(25)20(30)22-9-3-6-16(26)23-14/h12-15H,3-11H2,1-2H3,(H2,21,28)(H,22,30)(H,23,26)(H,24,29)/t13-,14-,15+/m0/s1. The maximum absolute atomic E-state index is 12.7. The first kappa shape index (κ1) is 23.6. The SMILES string of the molecule is CC(C)C[C@@H]1NC(=O)CCCNC(=O)[C@H]2CCCN2C(=O)CC[C@@H](C(N)=O)NC1=O. The number of hydrogen-bond donors (Lipinski definition) is 4. The predicted molar refractivity (Wildman–Crippen MR) is 109 cm³/mol. The Morgan fingerprint density at radius 3 is 2.47 bits per heavy atom. The fourth-order valence-corrected chi connectivity index (χ4v) is 3.85. The summed E-state index contributed by atoms with van der Waals surface area (Å²) in [6, 6.07) is -2.38. The molecular weight excluding hydrogens is 390 g/mol. The molecule has 10 heteroatoms. The van der Waals surface area contributed by atoms with Crippen molar-refractivity contribution >= 4 is 29.5 Å². The molecule has 5 amide bonds. The van der Waals surface area contributed by atoms with Crippen molar-refractivity contribution in [1.82, 2.24) is 20.9 Å². The number of nitrogens with two attached hydrogens (primary N) is 1. The average Bonchev–Trinajstić information content (AvgIpc) is 3.16. The highest BCUT2D eigenvalue weighted by molar-refractivity contribution is 5.92. The van der Waals surface area contributed by atoms with Crippen molar-refractivity contribution in [1.29, 1.82) is 0 Å². The summed E-state index contributed by atoms with van der Waals surface area (Å²) in [4.78, 5) is 63.5. The van der Waals surface area contributed by atoms with Crippen molar-refractivity contribution in [3.05, 3.63) is 0 Å². The van der Waals surface area contributed by atoms with Crippen LogP contribution in [-0.2, 0) is 24.0 Å². The third-order valence-corrected chi connectivity index (χ3v) is 5.42. The van der Waals surface area contributed by atoms with Crippen LogP contribution in [-0.4, -0.2) is 65.7 Å². The second-order valence-corrected chi connectivity index (χ2v) is 8.39. The zero-order valence-electron chi connectivity index (χ0n) is 17.7. The number of primary amides is 1. The summed E-state index contributed by atoms with van der Waals surface area (Å²) in [5, 5.41) is 8.08. The van der Waals surface area contributed by atoms with E-state index in [4.69, 9.17) is 5.73 Å². The molecule has 2 aliphatic heterocycles. The highest BCUT2D eigenvalue weighted by Crippen LogP contribution is 2.19. The third-order valence-electron chi connectivity index (χ3n) is 5.42. The number of rotatable bonds is 3. The molecule has 2 heterocycles. The van der Waals surface area contributed by atoms with E-state index in [2.05, 4.69) is 16.0 Å². The molecule has 2 aliphatic rings. The summed E-state index contributed by atoms with van der Waals surface area (Å²) in [6.07, 6.45) is 2.27. The van der Waals surface area contributed by atoms with Gasteiger partial charge in [0.2, 0.25) is 29.5 Å². The number of nitrogens with zero attached hydrogens (tertiary/aromatic N) is 1. The fraction of sp³-hybridized carbons (Fsp3) is 0.750. The van der Waals surface area contributed by atoms with Crippen molar-refractivity contribution in [3.63, 3.8) is 0 Å². The minimum atomic E-state index is -1.03. The first-order valence-corrected chi connectivity index (χ1v) is 10.6. The van der Waals surface area contributed by atoms with E-state index < -0.39 is 29.9 Å². The van der Waals surface area contributed by atoms with Crippen LogP contribution in [0.4, 0.5) is 0 Å². The minimum Gasteiger partial charge on any atom is -0.368 e. The quantitative estimate of drug-likeness (QED) is 0.467. The van der Waals surface area contributed by atoms with Gasteiger partial charge in [-0.05, 0) is 38.0 Å². The van der Waals surface area contributed by atoms with Crippen LogP contribution in [0.3, 0.4) is 0 Å². The van der Waals surface area contributed by atoms with Crippen LogP contribution < -0.4 is 21.7 Å². The lowest BCUT2D eigenvalue weighted by Gasteiger charge is -2.26. The van der Waals surface area contributed by atoms with Gasteiger partial charge in [0, 0.05) is 25.9 Å². The fourth-order valence-electron chi connectivity index (χ4n) is 3.85. The normalized spacial score (nSPS) is 27.3. The van der Waals surface area contributed by atoms with Crippen LogP contribution >= 0.6 is 0 Å². The lowest BCUT2D eigenvalue weighted by Crippen LogP contribution is -2.54. The molecule has 2 rings (SSSR count). The molecule has 0 saturated carbocycles. The Kier molecular flexibility index (Phi) is 8.61. The van der Waals surface area contributed by atoms with Crippen molar-refractivity contribution in [2.45, 2.75) is 76.9 Å². The number of carbonyl (C=O) groups is 5. The second kappa shape index (κ2) is 10.9. The van der Waals surface area contributed by atoms with E-state index in [0.717, 1.165) is 6.42 Å². The predicted octanol–water partition coefficient (Wildman–Crippen LogP) is -0.831. The maximum Gasteiger partial charge on any atom is 0.243 e. The van der Waals surface area contributed by atoms with Crippen molar-refractivity contribution in [2.75, 3.05) is 13.1 Å². The van der Waals surface area contributed by atoms with Gasteiger partial charge in [-0.3, -0.25) is 24.0 Å². The van der Waals surface area contributed by atoms with Gasteiger partial charge in [-0.25, -0.2) is 0 Å². The lowest BCUT2D eigenvalue weighted by molar-refractivity contribution is -0.139. The molecule has 5 N–H and O–H groups in total. The van der Waals surface area contributed by atoms with E-state index in [-0.39, 0.29) is 42.9 Å². The van der Waals surface area contributed by atoms with Crippen LogP contribution in [0.15, 0.2) is 0 Å². The van der Waals surface area contributed by atoms with Gasteiger partial charge in [0.25, 0.3) is 0 Å². The monoisotopic (exact) mass is 423 g/mol. The number of fused-ring (bicyclic) bond motifs is 1. The highest BCUT2D eigenvalue weighted by Gasteiger charge is 2.34. The number of amides is 5. The Morgan fingerprint density at radius 2 is 1.80 bits per heavy atom. The Morgan fingerprint density at radius 1 is 1.07 bits per heavy atom. The van der Waals surface area contributed by atoms with Gasteiger partial charge in [0.15, 0.2) is 0 Å². The molecule has 0 radical (unpaired) electrons. The molecule has 0 aliphatic carbocycles.